The lowest BCUT2D eigenvalue weighted by Crippen LogP contribution is -2.12. The zero-order valence-corrected chi connectivity index (χ0v) is 12.5. The molecule has 1 aliphatic carbocycles. The molecule has 0 saturated heterocycles. The van der Waals surface area contributed by atoms with Crippen molar-refractivity contribution >= 4 is 33.8 Å². The van der Waals surface area contributed by atoms with Crippen molar-refractivity contribution < 1.29 is 9.72 Å². The van der Waals surface area contributed by atoms with Gasteiger partial charge in [-0.05, 0) is 25.0 Å². The van der Waals surface area contributed by atoms with E-state index in [1.807, 2.05) is 0 Å². The van der Waals surface area contributed by atoms with Crippen LogP contribution in [0, 0.1) is 10.1 Å². The van der Waals surface area contributed by atoms with Gasteiger partial charge in [0.25, 0.3) is 11.6 Å². The summed E-state index contributed by atoms with van der Waals surface area (Å²) in [5, 5.41) is 25.7. The van der Waals surface area contributed by atoms with Crippen LogP contribution in [-0.2, 0) is 0 Å². The number of amides is 1. The SMILES string of the molecule is CNc1ccc(C(=O)Nc2nnc(C3CC3)s2)cc1[N+](=O)[O-]. The number of nitro groups is 1. The molecule has 0 radical (unpaired) electrons. The summed E-state index contributed by atoms with van der Waals surface area (Å²) in [6, 6.07) is 4.27. The molecule has 8 nitrogen and oxygen atoms in total. The van der Waals surface area contributed by atoms with Gasteiger partial charge in [-0.3, -0.25) is 20.2 Å². The van der Waals surface area contributed by atoms with Crippen LogP contribution < -0.4 is 10.6 Å². The summed E-state index contributed by atoms with van der Waals surface area (Å²) >= 11 is 1.34. The third kappa shape index (κ3) is 2.89. The summed E-state index contributed by atoms with van der Waals surface area (Å²) in [7, 11) is 1.59. The van der Waals surface area contributed by atoms with Crippen LogP contribution in [0.1, 0.15) is 34.1 Å². The molecule has 0 bridgehead atoms. The lowest BCUT2D eigenvalue weighted by Gasteiger charge is -2.05. The minimum Gasteiger partial charge on any atom is -0.383 e. The highest BCUT2D eigenvalue weighted by Crippen LogP contribution is 2.42. The highest BCUT2D eigenvalue weighted by atomic mass is 32.1. The summed E-state index contributed by atoms with van der Waals surface area (Å²) in [5.41, 5.74) is 0.411. The van der Waals surface area contributed by atoms with Gasteiger partial charge in [-0.2, -0.15) is 0 Å². The molecule has 1 amide bonds. The second-order valence-corrected chi connectivity index (χ2v) is 5.92. The smallest absolute Gasteiger partial charge is 0.293 e. The Kier molecular flexibility index (Phi) is 3.72. The van der Waals surface area contributed by atoms with Gasteiger partial charge >= 0.3 is 0 Å². The lowest BCUT2D eigenvalue weighted by molar-refractivity contribution is -0.384. The predicted octanol–water partition coefficient (Wildman–Crippen LogP) is 2.62. The molecular formula is C13H13N5O3S. The average molecular weight is 319 g/mol. The monoisotopic (exact) mass is 319 g/mol. The van der Waals surface area contributed by atoms with Crippen molar-refractivity contribution in [1.29, 1.82) is 0 Å². The number of hydrogen-bond acceptors (Lipinski definition) is 7. The number of carbonyl (C=O) groups is 1. The van der Waals surface area contributed by atoms with Gasteiger partial charge in [0.2, 0.25) is 5.13 Å². The number of aromatic nitrogens is 2. The minimum absolute atomic E-state index is 0.147. The van der Waals surface area contributed by atoms with E-state index < -0.39 is 10.8 Å². The molecule has 0 aliphatic heterocycles. The number of nitrogens with one attached hydrogen (secondary N) is 2. The van der Waals surface area contributed by atoms with Crippen molar-refractivity contribution in [2.45, 2.75) is 18.8 Å². The molecule has 1 aliphatic rings. The first-order valence-corrected chi connectivity index (χ1v) is 7.51. The summed E-state index contributed by atoms with van der Waals surface area (Å²) < 4.78 is 0. The average Bonchev–Trinajstić information content (AvgIpc) is 3.26. The molecule has 1 saturated carbocycles. The Morgan fingerprint density at radius 1 is 1.41 bits per heavy atom. The van der Waals surface area contributed by atoms with Crippen molar-refractivity contribution in [2.75, 3.05) is 17.7 Å². The van der Waals surface area contributed by atoms with E-state index in [4.69, 9.17) is 0 Å². The molecule has 22 heavy (non-hydrogen) atoms. The third-order valence-corrected chi connectivity index (χ3v) is 4.31. The van der Waals surface area contributed by atoms with E-state index in [9.17, 15) is 14.9 Å². The van der Waals surface area contributed by atoms with Gasteiger partial charge in [0.15, 0.2) is 0 Å². The van der Waals surface area contributed by atoms with Gasteiger partial charge in [-0.15, -0.1) is 10.2 Å². The van der Waals surface area contributed by atoms with Crippen LogP contribution in [0.2, 0.25) is 0 Å². The van der Waals surface area contributed by atoms with Gasteiger partial charge in [0, 0.05) is 24.6 Å². The molecule has 1 heterocycles. The van der Waals surface area contributed by atoms with Gasteiger partial charge < -0.3 is 5.32 Å². The highest BCUT2D eigenvalue weighted by Gasteiger charge is 2.28. The van der Waals surface area contributed by atoms with Crippen LogP contribution in [0.3, 0.4) is 0 Å². The molecular weight excluding hydrogens is 306 g/mol. The quantitative estimate of drug-likeness (QED) is 0.647. The van der Waals surface area contributed by atoms with E-state index in [0.29, 0.717) is 16.7 Å². The van der Waals surface area contributed by atoms with Crippen LogP contribution in [0.25, 0.3) is 0 Å². The summed E-state index contributed by atoms with van der Waals surface area (Å²) in [4.78, 5) is 22.7. The van der Waals surface area contributed by atoms with Crippen molar-refractivity contribution in [2.24, 2.45) is 0 Å². The maximum Gasteiger partial charge on any atom is 0.293 e. The third-order valence-electron chi connectivity index (χ3n) is 3.31. The number of carbonyl (C=O) groups excluding carboxylic acids is 1. The molecule has 2 N–H and O–H groups in total. The standard InChI is InChI=1S/C13H13N5O3S/c1-14-9-5-4-8(6-10(9)18(20)21)11(19)15-13-17-16-12(22-13)7-2-3-7/h4-7,14H,2-3H2,1H3,(H,15,17,19). The van der Waals surface area contributed by atoms with E-state index in [0.717, 1.165) is 17.8 Å². The molecule has 2 aromatic rings. The number of rotatable bonds is 5. The molecule has 9 heteroatoms. The van der Waals surface area contributed by atoms with E-state index >= 15 is 0 Å². The fourth-order valence-corrected chi connectivity index (χ4v) is 2.89. The number of nitrogens with zero attached hydrogens (tertiary/aromatic N) is 3. The van der Waals surface area contributed by atoms with Crippen LogP contribution >= 0.6 is 11.3 Å². The summed E-state index contributed by atoms with van der Waals surface area (Å²) in [5.74, 6) is 0.0309. The lowest BCUT2D eigenvalue weighted by atomic mass is 10.1. The van der Waals surface area contributed by atoms with Gasteiger partial charge in [0.1, 0.15) is 10.7 Å². The maximum atomic E-state index is 12.2. The van der Waals surface area contributed by atoms with E-state index in [-0.39, 0.29) is 11.3 Å². The zero-order chi connectivity index (χ0) is 15.7. The Hall–Kier alpha value is -2.55. The normalized spacial score (nSPS) is 13.7. The molecule has 0 spiro atoms. The second-order valence-electron chi connectivity index (χ2n) is 4.91. The maximum absolute atomic E-state index is 12.2. The highest BCUT2D eigenvalue weighted by molar-refractivity contribution is 7.15. The molecule has 0 atom stereocenters. The number of benzene rings is 1. The predicted molar refractivity (Wildman–Crippen MR) is 82.5 cm³/mol. The molecule has 114 valence electrons. The van der Waals surface area contributed by atoms with Crippen LogP contribution in [0.15, 0.2) is 18.2 Å². The largest absolute Gasteiger partial charge is 0.383 e. The Bertz CT molecular complexity index is 741. The van der Waals surface area contributed by atoms with Crippen LogP contribution in [-0.4, -0.2) is 28.1 Å². The Morgan fingerprint density at radius 3 is 2.82 bits per heavy atom. The van der Waals surface area contributed by atoms with Crippen molar-refractivity contribution in [3.8, 4) is 0 Å². The van der Waals surface area contributed by atoms with E-state index in [1.165, 1.54) is 29.5 Å². The topological polar surface area (TPSA) is 110 Å². The first-order chi connectivity index (χ1) is 10.6. The van der Waals surface area contributed by atoms with Crippen molar-refractivity contribution in [3.63, 3.8) is 0 Å². The van der Waals surface area contributed by atoms with Gasteiger partial charge in [-0.25, -0.2) is 0 Å². The first kappa shape index (κ1) is 14.4. The number of anilines is 2. The summed E-state index contributed by atoms with van der Waals surface area (Å²) in [6.45, 7) is 0. The van der Waals surface area contributed by atoms with Crippen LogP contribution in [0.5, 0.6) is 0 Å². The van der Waals surface area contributed by atoms with Crippen LogP contribution in [0.4, 0.5) is 16.5 Å². The zero-order valence-electron chi connectivity index (χ0n) is 11.7. The molecule has 1 fully saturated rings. The molecule has 1 aromatic carbocycles. The number of nitro benzene ring substituents is 1. The second kappa shape index (κ2) is 5.68. The van der Waals surface area contributed by atoms with Gasteiger partial charge in [-0.1, -0.05) is 11.3 Å². The fraction of sp³-hybridized carbons (Fsp3) is 0.308. The fourth-order valence-electron chi connectivity index (χ4n) is 1.98. The molecule has 1 aromatic heterocycles. The van der Waals surface area contributed by atoms with Crippen molar-refractivity contribution in [1.82, 2.24) is 10.2 Å². The Balaban J connectivity index is 1.78. The van der Waals surface area contributed by atoms with Gasteiger partial charge in [0.05, 0.1) is 4.92 Å². The summed E-state index contributed by atoms with van der Waals surface area (Å²) in [6.07, 6.45) is 2.22. The Morgan fingerprint density at radius 2 is 2.18 bits per heavy atom. The molecule has 0 unspecified atom stereocenters. The number of hydrogen-bond donors (Lipinski definition) is 2. The van der Waals surface area contributed by atoms with E-state index in [1.54, 1.807) is 7.05 Å². The Labute approximate surface area is 129 Å². The first-order valence-electron chi connectivity index (χ1n) is 6.69. The van der Waals surface area contributed by atoms with E-state index in [2.05, 4.69) is 20.8 Å². The molecule has 3 rings (SSSR count). The van der Waals surface area contributed by atoms with Crippen molar-refractivity contribution in [3.05, 3.63) is 38.9 Å². The minimum atomic E-state index is -0.529.